The third-order valence-electron chi connectivity index (χ3n) is 4.60. The van der Waals surface area contributed by atoms with Crippen LogP contribution in [0.2, 0.25) is 0 Å². The lowest BCUT2D eigenvalue weighted by atomic mass is 10.1. The van der Waals surface area contributed by atoms with Gasteiger partial charge in [0, 0.05) is 13.0 Å². The molecule has 3 rings (SSSR count). The molecule has 2 aromatic carbocycles. The molecule has 0 saturated carbocycles. The van der Waals surface area contributed by atoms with Gasteiger partial charge in [0.25, 0.3) is 0 Å². The highest BCUT2D eigenvalue weighted by atomic mass is 16.7. The van der Waals surface area contributed by atoms with Crippen LogP contribution >= 0.6 is 0 Å². The van der Waals surface area contributed by atoms with Crippen LogP contribution in [0, 0.1) is 0 Å². The van der Waals surface area contributed by atoms with Crippen molar-refractivity contribution in [2.24, 2.45) is 0 Å². The molecular weight excluding hydrogens is 368 g/mol. The van der Waals surface area contributed by atoms with Gasteiger partial charge in [-0.25, -0.2) is 9.86 Å². The van der Waals surface area contributed by atoms with Crippen LogP contribution in [0.5, 0.6) is 0 Å². The van der Waals surface area contributed by atoms with E-state index in [9.17, 15) is 9.59 Å². The molecule has 1 aliphatic heterocycles. The quantitative estimate of drug-likeness (QED) is 0.772. The van der Waals surface area contributed by atoms with Gasteiger partial charge in [0.05, 0.1) is 12.6 Å². The zero-order valence-electron chi connectivity index (χ0n) is 17.2. The van der Waals surface area contributed by atoms with E-state index in [4.69, 9.17) is 9.57 Å². The van der Waals surface area contributed by atoms with E-state index in [1.807, 2.05) is 81.4 Å². The second-order valence-corrected chi connectivity index (χ2v) is 8.06. The molecule has 0 aromatic heterocycles. The van der Waals surface area contributed by atoms with Gasteiger partial charge in [0.1, 0.15) is 12.2 Å². The summed E-state index contributed by atoms with van der Waals surface area (Å²) < 4.78 is 5.60. The summed E-state index contributed by atoms with van der Waals surface area (Å²) >= 11 is 0. The van der Waals surface area contributed by atoms with E-state index < -0.39 is 11.7 Å². The smallest absolute Gasteiger partial charge is 0.410 e. The van der Waals surface area contributed by atoms with E-state index in [1.165, 1.54) is 5.06 Å². The first-order valence-corrected chi connectivity index (χ1v) is 9.85. The Morgan fingerprint density at radius 2 is 1.66 bits per heavy atom. The molecule has 154 valence electrons. The molecule has 6 heteroatoms. The Kier molecular flexibility index (Phi) is 6.54. The van der Waals surface area contributed by atoms with Crippen molar-refractivity contribution in [2.45, 2.75) is 45.4 Å². The first-order valence-electron chi connectivity index (χ1n) is 9.85. The molecule has 0 radical (unpaired) electrons. The maximum Gasteiger partial charge on any atom is 0.410 e. The first-order chi connectivity index (χ1) is 13.8. The molecule has 0 aliphatic carbocycles. The lowest BCUT2D eigenvalue weighted by Gasteiger charge is -2.33. The Labute approximate surface area is 172 Å². The van der Waals surface area contributed by atoms with Crippen LogP contribution in [-0.4, -0.2) is 40.7 Å². The summed E-state index contributed by atoms with van der Waals surface area (Å²) in [5.74, 6) is -0.145. The Morgan fingerprint density at radius 1 is 1.03 bits per heavy atom. The fraction of sp³-hybridized carbons (Fsp3) is 0.391. The molecule has 0 spiro atoms. The molecule has 6 nitrogen and oxygen atoms in total. The normalized spacial score (nSPS) is 17.8. The van der Waals surface area contributed by atoms with Crippen molar-refractivity contribution >= 4 is 12.0 Å². The number of benzene rings is 2. The van der Waals surface area contributed by atoms with E-state index in [-0.39, 0.29) is 31.5 Å². The molecule has 1 saturated heterocycles. The molecule has 1 heterocycles. The van der Waals surface area contributed by atoms with E-state index in [1.54, 1.807) is 4.90 Å². The molecule has 0 bridgehead atoms. The van der Waals surface area contributed by atoms with Crippen LogP contribution in [0.3, 0.4) is 0 Å². The summed E-state index contributed by atoms with van der Waals surface area (Å²) in [6, 6.07) is 19.0. The number of hydroxylamine groups is 2. The topological polar surface area (TPSA) is 59.1 Å². The monoisotopic (exact) mass is 396 g/mol. The van der Waals surface area contributed by atoms with E-state index in [0.29, 0.717) is 6.61 Å². The third kappa shape index (κ3) is 5.81. The molecule has 29 heavy (non-hydrogen) atoms. The summed E-state index contributed by atoms with van der Waals surface area (Å²) in [7, 11) is 0. The number of carbonyl (C=O) groups is 2. The summed E-state index contributed by atoms with van der Waals surface area (Å²) in [6.07, 6.45) is -0.249. The number of hydrogen-bond donors (Lipinski definition) is 0. The van der Waals surface area contributed by atoms with Gasteiger partial charge in [-0.05, 0) is 31.9 Å². The highest BCUT2D eigenvalue weighted by Gasteiger charge is 2.35. The average Bonchev–Trinajstić information content (AvgIpc) is 2.86. The lowest BCUT2D eigenvalue weighted by Crippen LogP contribution is -2.41. The highest BCUT2D eigenvalue weighted by molar-refractivity contribution is 5.77. The van der Waals surface area contributed by atoms with Crippen LogP contribution in [-0.2, 0) is 21.0 Å². The minimum absolute atomic E-state index is 0.145. The van der Waals surface area contributed by atoms with E-state index >= 15 is 0 Å². The van der Waals surface area contributed by atoms with Crippen molar-refractivity contribution in [3.8, 4) is 0 Å². The molecule has 0 N–H and O–H groups in total. The SMILES string of the molecule is CC(C)(C)OC(=O)N1CCC(=O)N(OCc2ccccc2)CC1c1ccccc1. The number of rotatable bonds is 4. The Morgan fingerprint density at radius 3 is 2.28 bits per heavy atom. The minimum atomic E-state index is -0.613. The van der Waals surface area contributed by atoms with Crippen molar-refractivity contribution in [3.63, 3.8) is 0 Å². The summed E-state index contributed by atoms with van der Waals surface area (Å²) in [5.41, 5.74) is 1.30. The summed E-state index contributed by atoms with van der Waals surface area (Å²) in [4.78, 5) is 33.0. The number of ether oxygens (including phenoxy) is 1. The Balaban J connectivity index is 1.82. The van der Waals surface area contributed by atoms with Gasteiger partial charge in [-0.2, -0.15) is 0 Å². The predicted octanol–water partition coefficient (Wildman–Crippen LogP) is 4.33. The van der Waals surface area contributed by atoms with Gasteiger partial charge in [-0.1, -0.05) is 60.7 Å². The fourth-order valence-corrected chi connectivity index (χ4v) is 3.21. The molecule has 1 unspecified atom stereocenters. The third-order valence-corrected chi connectivity index (χ3v) is 4.60. The van der Waals surface area contributed by atoms with Gasteiger partial charge >= 0.3 is 6.09 Å². The van der Waals surface area contributed by atoms with Crippen LogP contribution < -0.4 is 0 Å². The second-order valence-electron chi connectivity index (χ2n) is 8.06. The van der Waals surface area contributed by atoms with Crippen molar-refractivity contribution in [1.82, 2.24) is 9.96 Å². The summed E-state index contributed by atoms with van der Waals surface area (Å²) in [5, 5.41) is 1.38. The fourth-order valence-electron chi connectivity index (χ4n) is 3.21. The number of carbonyl (C=O) groups excluding carboxylic acids is 2. The Bertz CT molecular complexity index is 818. The van der Waals surface area contributed by atoms with Gasteiger partial charge in [0.2, 0.25) is 5.91 Å². The van der Waals surface area contributed by atoms with Crippen molar-refractivity contribution in [2.75, 3.05) is 13.1 Å². The van der Waals surface area contributed by atoms with Crippen LogP contribution in [0.4, 0.5) is 4.79 Å². The van der Waals surface area contributed by atoms with Crippen molar-refractivity contribution in [1.29, 1.82) is 0 Å². The van der Waals surface area contributed by atoms with E-state index in [2.05, 4.69) is 0 Å². The molecular formula is C23H28N2O4. The molecule has 2 aromatic rings. The van der Waals surface area contributed by atoms with Gasteiger partial charge in [-0.3, -0.25) is 14.5 Å². The lowest BCUT2D eigenvalue weighted by molar-refractivity contribution is -0.192. The summed E-state index contributed by atoms with van der Waals surface area (Å²) in [6.45, 7) is 6.32. The molecule has 1 fully saturated rings. The average molecular weight is 396 g/mol. The first kappa shape index (κ1) is 20.9. The maximum atomic E-state index is 12.9. The largest absolute Gasteiger partial charge is 0.444 e. The predicted molar refractivity (Wildman–Crippen MR) is 110 cm³/mol. The van der Waals surface area contributed by atoms with Crippen molar-refractivity contribution < 1.29 is 19.2 Å². The van der Waals surface area contributed by atoms with Gasteiger partial charge < -0.3 is 4.74 Å². The molecule has 1 aliphatic rings. The van der Waals surface area contributed by atoms with E-state index in [0.717, 1.165) is 11.1 Å². The highest BCUT2D eigenvalue weighted by Crippen LogP contribution is 2.28. The standard InChI is InChI=1S/C23H28N2O4/c1-23(2,3)29-22(27)24-15-14-21(26)25(28-17-18-10-6-4-7-11-18)16-20(24)19-12-8-5-9-13-19/h4-13,20H,14-17H2,1-3H3. The van der Waals surface area contributed by atoms with Crippen LogP contribution in [0.15, 0.2) is 60.7 Å². The van der Waals surface area contributed by atoms with Crippen LogP contribution in [0.1, 0.15) is 44.4 Å². The number of amides is 2. The minimum Gasteiger partial charge on any atom is -0.444 e. The zero-order valence-corrected chi connectivity index (χ0v) is 17.2. The van der Waals surface area contributed by atoms with Gasteiger partial charge in [-0.15, -0.1) is 0 Å². The van der Waals surface area contributed by atoms with Gasteiger partial charge in [0.15, 0.2) is 0 Å². The second kappa shape index (κ2) is 9.09. The Hall–Kier alpha value is -2.86. The van der Waals surface area contributed by atoms with Crippen LogP contribution in [0.25, 0.3) is 0 Å². The molecule has 1 atom stereocenters. The maximum absolute atomic E-state index is 12.9. The molecule has 2 amide bonds. The number of nitrogens with zero attached hydrogens (tertiary/aromatic N) is 2. The number of hydrogen-bond acceptors (Lipinski definition) is 4. The van der Waals surface area contributed by atoms with Crippen molar-refractivity contribution in [3.05, 3.63) is 71.8 Å². The zero-order chi connectivity index (χ0) is 20.9.